The average Bonchev–Trinajstić information content (AvgIpc) is 2.72. The maximum atomic E-state index is 12.7. The summed E-state index contributed by atoms with van der Waals surface area (Å²) < 4.78 is 10.9. The van der Waals surface area contributed by atoms with Crippen LogP contribution in [0.1, 0.15) is 22.3 Å². The summed E-state index contributed by atoms with van der Waals surface area (Å²) in [5, 5.41) is 3.04. The second kappa shape index (κ2) is 8.62. The molecule has 26 heavy (non-hydrogen) atoms. The van der Waals surface area contributed by atoms with Crippen LogP contribution in [0.15, 0.2) is 36.7 Å². The molecule has 0 radical (unpaired) electrons. The van der Waals surface area contributed by atoms with Gasteiger partial charge in [0.15, 0.2) is 0 Å². The summed E-state index contributed by atoms with van der Waals surface area (Å²) in [4.78, 5) is 22.8. The molecule has 3 rings (SSSR count). The molecule has 0 aromatic carbocycles. The molecule has 1 saturated heterocycles. The van der Waals surface area contributed by atoms with E-state index in [0.29, 0.717) is 31.1 Å². The summed E-state index contributed by atoms with van der Waals surface area (Å²) in [5.41, 5.74) is 1.77. The molecule has 1 unspecified atom stereocenters. The number of carbonyl (C=O) groups excluding carboxylic acids is 1. The Hall–Kier alpha value is -2.67. The van der Waals surface area contributed by atoms with Gasteiger partial charge < -0.3 is 19.7 Å². The van der Waals surface area contributed by atoms with Crippen molar-refractivity contribution in [1.29, 1.82) is 0 Å². The molecule has 1 amide bonds. The highest BCUT2D eigenvalue weighted by Gasteiger charge is 2.25. The summed E-state index contributed by atoms with van der Waals surface area (Å²) in [6, 6.07) is 7.49. The summed E-state index contributed by atoms with van der Waals surface area (Å²) in [6.45, 7) is 1.74. The van der Waals surface area contributed by atoms with Crippen LogP contribution in [0.4, 0.5) is 5.82 Å². The van der Waals surface area contributed by atoms with Crippen LogP contribution >= 0.6 is 0 Å². The van der Waals surface area contributed by atoms with Crippen LogP contribution < -0.4 is 10.1 Å². The quantitative estimate of drug-likeness (QED) is 0.853. The number of ether oxygens (including phenoxy) is 2. The molecular weight excluding hydrogens is 332 g/mol. The average molecular weight is 356 g/mol. The topological polar surface area (TPSA) is 76.6 Å². The van der Waals surface area contributed by atoms with Crippen molar-refractivity contribution >= 4 is 11.7 Å². The Morgan fingerprint density at radius 1 is 1.38 bits per heavy atom. The molecule has 3 heterocycles. The van der Waals surface area contributed by atoms with E-state index in [1.807, 2.05) is 24.1 Å². The van der Waals surface area contributed by atoms with Crippen LogP contribution in [0.2, 0.25) is 0 Å². The molecule has 2 aromatic rings. The van der Waals surface area contributed by atoms with Gasteiger partial charge in [-0.05, 0) is 36.6 Å². The van der Waals surface area contributed by atoms with E-state index in [9.17, 15) is 4.79 Å². The molecule has 0 aliphatic carbocycles. The lowest BCUT2D eigenvalue weighted by Crippen LogP contribution is -2.45. The van der Waals surface area contributed by atoms with E-state index in [1.54, 1.807) is 31.6 Å². The Kier molecular flexibility index (Phi) is 6.01. The number of morpholine rings is 1. The monoisotopic (exact) mass is 356 g/mol. The molecule has 138 valence electrons. The van der Waals surface area contributed by atoms with Gasteiger partial charge in [0.25, 0.3) is 5.91 Å². The maximum absolute atomic E-state index is 12.7. The molecule has 1 aliphatic heterocycles. The lowest BCUT2D eigenvalue weighted by Gasteiger charge is -2.33. The third kappa shape index (κ3) is 4.49. The Bertz CT molecular complexity index is 736. The van der Waals surface area contributed by atoms with Gasteiger partial charge in [-0.25, -0.2) is 9.97 Å². The molecule has 1 aliphatic rings. The molecule has 0 saturated carbocycles. The first-order valence-electron chi connectivity index (χ1n) is 8.73. The van der Waals surface area contributed by atoms with Crippen LogP contribution in [0.5, 0.6) is 5.88 Å². The molecule has 0 bridgehead atoms. The number of nitrogens with one attached hydrogen (secondary N) is 1. The van der Waals surface area contributed by atoms with Crippen molar-refractivity contribution in [2.45, 2.75) is 18.9 Å². The van der Waals surface area contributed by atoms with E-state index in [2.05, 4.69) is 15.3 Å². The second-order valence-corrected chi connectivity index (χ2v) is 6.17. The number of hydrogen-bond donors (Lipinski definition) is 1. The van der Waals surface area contributed by atoms with Gasteiger partial charge in [0.1, 0.15) is 5.82 Å². The zero-order valence-electron chi connectivity index (χ0n) is 15.1. The number of methoxy groups -OCH3 is 1. The molecule has 0 spiro atoms. The van der Waals surface area contributed by atoms with Crippen molar-refractivity contribution in [1.82, 2.24) is 14.9 Å². The molecule has 2 aromatic heterocycles. The maximum Gasteiger partial charge on any atom is 0.255 e. The van der Waals surface area contributed by atoms with Crippen molar-refractivity contribution in [3.63, 3.8) is 0 Å². The van der Waals surface area contributed by atoms with Crippen molar-refractivity contribution in [2.24, 2.45) is 0 Å². The van der Waals surface area contributed by atoms with Gasteiger partial charge in [0, 0.05) is 38.6 Å². The number of rotatable bonds is 6. The highest BCUT2D eigenvalue weighted by molar-refractivity contribution is 5.94. The summed E-state index contributed by atoms with van der Waals surface area (Å²) in [5.74, 6) is 1.34. The summed E-state index contributed by atoms with van der Waals surface area (Å²) in [6.07, 6.45) is 5.13. The van der Waals surface area contributed by atoms with Gasteiger partial charge in [0.2, 0.25) is 5.88 Å². The zero-order valence-corrected chi connectivity index (χ0v) is 15.1. The second-order valence-electron chi connectivity index (χ2n) is 6.17. The van der Waals surface area contributed by atoms with E-state index in [4.69, 9.17) is 9.47 Å². The number of carbonyl (C=O) groups is 1. The van der Waals surface area contributed by atoms with E-state index >= 15 is 0 Å². The molecule has 1 atom stereocenters. The van der Waals surface area contributed by atoms with Gasteiger partial charge in [-0.1, -0.05) is 0 Å². The van der Waals surface area contributed by atoms with Crippen LogP contribution in [0.25, 0.3) is 0 Å². The van der Waals surface area contributed by atoms with E-state index in [0.717, 1.165) is 18.7 Å². The third-order valence-corrected chi connectivity index (χ3v) is 4.45. The fraction of sp³-hybridized carbons (Fsp3) is 0.421. The van der Waals surface area contributed by atoms with Crippen LogP contribution in [-0.4, -0.2) is 60.7 Å². The predicted molar refractivity (Wildman–Crippen MR) is 98.5 cm³/mol. The Labute approximate surface area is 153 Å². The Morgan fingerprint density at radius 2 is 2.27 bits per heavy atom. The molecule has 1 N–H and O–H groups in total. The lowest BCUT2D eigenvalue weighted by atomic mass is 10.1. The SMILES string of the molecule is CNc1cc(CCC2CN(C(=O)c3ccc(OC)nc3)CCO2)ccn1. The lowest BCUT2D eigenvalue weighted by molar-refractivity contribution is -0.0246. The van der Waals surface area contributed by atoms with Crippen LogP contribution in [-0.2, 0) is 11.2 Å². The van der Waals surface area contributed by atoms with E-state index < -0.39 is 0 Å². The molecular formula is C19H24N4O3. The fourth-order valence-corrected chi connectivity index (χ4v) is 2.98. The number of nitrogens with zero attached hydrogens (tertiary/aromatic N) is 3. The van der Waals surface area contributed by atoms with Crippen molar-refractivity contribution in [3.05, 3.63) is 47.8 Å². The van der Waals surface area contributed by atoms with Gasteiger partial charge in [-0.15, -0.1) is 0 Å². The van der Waals surface area contributed by atoms with Crippen molar-refractivity contribution in [2.75, 3.05) is 39.2 Å². The number of anilines is 1. The highest BCUT2D eigenvalue weighted by Crippen LogP contribution is 2.16. The molecule has 7 heteroatoms. The minimum absolute atomic E-state index is 0.0187. The largest absolute Gasteiger partial charge is 0.481 e. The first kappa shape index (κ1) is 18.1. The first-order chi connectivity index (χ1) is 12.7. The summed E-state index contributed by atoms with van der Waals surface area (Å²) in [7, 11) is 3.41. The zero-order chi connectivity index (χ0) is 18.4. The predicted octanol–water partition coefficient (Wildman–Crippen LogP) is 2.00. The van der Waals surface area contributed by atoms with E-state index in [-0.39, 0.29) is 12.0 Å². The smallest absolute Gasteiger partial charge is 0.255 e. The molecule has 7 nitrogen and oxygen atoms in total. The minimum atomic E-state index is -0.0187. The highest BCUT2D eigenvalue weighted by atomic mass is 16.5. The number of aromatic nitrogens is 2. The molecule has 1 fully saturated rings. The third-order valence-electron chi connectivity index (χ3n) is 4.45. The Morgan fingerprint density at radius 3 is 3.00 bits per heavy atom. The normalized spacial score (nSPS) is 17.0. The van der Waals surface area contributed by atoms with Gasteiger partial charge in [-0.3, -0.25) is 4.79 Å². The minimum Gasteiger partial charge on any atom is -0.481 e. The number of amides is 1. The Balaban J connectivity index is 1.56. The van der Waals surface area contributed by atoms with E-state index in [1.165, 1.54) is 5.56 Å². The first-order valence-corrected chi connectivity index (χ1v) is 8.73. The number of aryl methyl sites for hydroxylation is 1. The van der Waals surface area contributed by atoms with Gasteiger partial charge in [-0.2, -0.15) is 0 Å². The van der Waals surface area contributed by atoms with Crippen molar-refractivity contribution in [3.8, 4) is 5.88 Å². The standard InChI is InChI=1S/C19H24N4O3/c1-20-17-11-14(7-8-21-17)3-5-16-13-23(9-10-26-16)19(24)15-4-6-18(25-2)22-12-15/h4,6-8,11-12,16H,3,5,9-10,13H2,1-2H3,(H,20,21). The van der Waals surface area contributed by atoms with Gasteiger partial charge in [0.05, 0.1) is 25.4 Å². The summed E-state index contributed by atoms with van der Waals surface area (Å²) >= 11 is 0. The fourth-order valence-electron chi connectivity index (χ4n) is 2.98. The van der Waals surface area contributed by atoms with Gasteiger partial charge >= 0.3 is 0 Å². The van der Waals surface area contributed by atoms with Crippen LogP contribution in [0, 0.1) is 0 Å². The number of pyridine rings is 2. The van der Waals surface area contributed by atoms with Crippen molar-refractivity contribution < 1.29 is 14.3 Å². The number of hydrogen-bond acceptors (Lipinski definition) is 6. The van der Waals surface area contributed by atoms with Crippen LogP contribution in [0.3, 0.4) is 0 Å².